The molecule has 0 bridgehead atoms. The van der Waals surface area contributed by atoms with E-state index < -0.39 is 18.2 Å². The van der Waals surface area contributed by atoms with E-state index in [1.165, 1.54) is 154 Å². The third-order valence-electron chi connectivity index (χ3n) is 12.8. The Kier molecular flexibility index (Phi) is 52.1. The number of allylic oxidation sites excluding steroid dienone is 12. The Morgan fingerprint density at radius 1 is 0.433 bits per heavy atom. The zero-order valence-electron chi connectivity index (χ0n) is 44.3. The fraction of sp³-hybridized carbons (Fsp3) is 0.770. The number of aliphatic hydroxyl groups is 2. The van der Waals surface area contributed by atoms with Crippen LogP contribution < -0.4 is 5.32 Å². The van der Waals surface area contributed by atoms with E-state index in [9.17, 15) is 19.8 Å². The van der Waals surface area contributed by atoms with E-state index >= 15 is 0 Å². The lowest BCUT2D eigenvalue weighted by Crippen LogP contribution is -2.46. The molecule has 6 heteroatoms. The molecule has 3 atom stereocenters. The summed E-state index contributed by atoms with van der Waals surface area (Å²) >= 11 is 0. The van der Waals surface area contributed by atoms with Crippen molar-refractivity contribution in [1.29, 1.82) is 0 Å². The van der Waals surface area contributed by atoms with Gasteiger partial charge in [0.2, 0.25) is 5.91 Å². The van der Waals surface area contributed by atoms with Gasteiger partial charge in [-0.1, -0.05) is 241 Å². The van der Waals surface area contributed by atoms with E-state index in [0.717, 1.165) is 77.0 Å². The van der Waals surface area contributed by atoms with E-state index in [1.807, 2.05) is 0 Å². The Balaban J connectivity index is 4.65. The number of aliphatic hydroxyl groups excluding tert-OH is 2. The standard InChI is InChI=1S/C61H109NO5/c1-4-7-10-13-16-19-22-25-27-29-30-32-34-36-39-42-45-48-51-54-61(66)67-57(52-49-46-43-40-37-35-33-31-28-26-23-20-17-14-11-8-5-2)55-60(65)62-58(56-63)59(64)53-50-47-44-41-38-24-21-18-15-12-9-6-3/h16-17,19-20,25-28,33,35,40,43,57-59,63-64H,4-15,18,21-24,29-32,34,36-39,41-42,44-56H2,1-3H3,(H,62,65)/b19-16-,20-17-,27-25-,28-26-,35-33-,43-40-. The minimum atomic E-state index is -0.805. The summed E-state index contributed by atoms with van der Waals surface area (Å²) in [5, 5.41) is 23.8. The number of carbonyl (C=O) groups is 2. The van der Waals surface area contributed by atoms with Gasteiger partial charge in [-0.25, -0.2) is 0 Å². The number of ether oxygens (including phenoxy) is 1. The largest absolute Gasteiger partial charge is 0.462 e. The van der Waals surface area contributed by atoms with Crippen molar-refractivity contribution in [2.24, 2.45) is 0 Å². The molecule has 3 N–H and O–H groups in total. The zero-order valence-corrected chi connectivity index (χ0v) is 44.3. The Morgan fingerprint density at radius 2 is 0.776 bits per heavy atom. The van der Waals surface area contributed by atoms with E-state index in [0.29, 0.717) is 19.3 Å². The molecule has 0 aliphatic carbocycles. The molecule has 0 aromatic carbocycles. The first-order valence-electron chi connectivity index (χ1n) is 28.7. The predicted octanol–water partition coefficient (Wildman–Crippen LogP) is 17.7. The zero-order chi connectivity index (χ0) is 48.8. The molecule has 0 fully saturated rings. The first-order chi connectivity index (χ1) is 33.0. The minimum absolute atomic E-state index is 0.0367. The summed E-state index contributed by atoms with van der Waals surface area (Å²) < 4.78 is 5.93. The topological polar surface area (TPSA) is 95.9 Å². The normalized spacial score (nSPS) is 13.7. The number of rotatable bonds is 51. The van der Waals surface area contributed by atoms with Crippen molar-refractivity contribution < 1.29 is 24.5 Å². The lowest BCUT2D eigenvalue weighted by Gasteiger charge is -2.24. The molecule has 3 unspecified atom stereocenters. The van der Waals surface area contributed by atoms with Crippen LogP contribution in [0.5, 0.6) is 0 Å². The summed E-state index contributed by atoms with van der Waals surface area (Å²) in [6, 6.07) is -0.722. The molecule has 0 heterocycles. The van der Waals surface area contributed by atoms with E-state index in [1.54, 1.807) is 0 Å². The molecule has 0 spiro atoms. The summed E-state index contributed by atoms with van der Waals surface area (Å²) in [6.07, 6.45) is 69.7. The molecule has 0 rings (SSSR count). The highest BCUT2D eigenvalue weighted by Gasteiger charge is 2.24. The number of carbonyl (C=O) groups excluding carboxylic acids is 2. The SMILES string of the molecule is CCCCC/C=C\C/C=C\C/C=C\C/C=C\CCCC(CC(=O)NC(CO)C(O)CCCCCCCCCCCCCC)OC(=O)CCCCCCCCCCC/C=C\C/C=C\CCCCC. The number of hydrogen-bond acceptors (Lipinski definition) is 5. The summed E-state index contributed by atoms with van der Waals surface area (Å²) in [5.41, 5.74) is 0. The van der Waals surface area contributed by atoms with Gasteiger partial charge in [0.05, 0.1) is 25.2 Å². The van der Waals surface area contributed by atoms with Crippen molar-refractivity contribution in [2.45, 2.75) is 296 Å². The molecule has 0 aromatic rings. The second-order valence-corrected chi connectivity index (χ2v) is 19.3. The maximum Gasteiger partial charge on any atom is 0.306 e. The van der Waals surface area contributed by atoms with Crippen molar-refractivity contribution in [2.75, 3.05) is 6.61 Å². The van der Waals surface area contributed by atoms with Gasteiger partial charge >= 0.3 is 5.97 Å². The fourth-order valence-electron chi connectivity index (χ4n) is 8.39. The average Bonchev–Trinajstić information content (AvgIpc) is 3.32. The van der Waals surface area contributed by atoms with Gasteiger partial charge in [-0.15, -0.1) is 0 Å². The van der Waals surface area contributed by atoms with Gasteiger partial charge in [-0.05, 0) is 96.3 Å². The third kappa shape index (κ3) is 49.5. The molecule has 6 nitrogen and oxygen atoms in total. The molecule has 1 amide bonds. The van der Waals surface area contributed by atoms with Crippen LogP contribution >= 0.6 is 0 Å². The third-order valence-corrected chi connectivity index (χ3v) is 12.8. The quantitative estimate of drug-likeness (QED) is 0.0321. The molecule has 0 saturated carbocycles. The highest BCUT2D eigenvalue weighted by atomic mass is 16.5. The van der Waals surface area contributed by atoms with Crippen LogP contribution in [0.3, 0.4) is 0 Å². The smallest absolute Gasteiger partial charge is 0.306 e. The van der Waals surface area contributed by atoms with Gasteiger partial charge in [0.15, 0.2) is 0 Å². The summed E-state index contributed by atoms with van der Waals surface area (Å²) in [5.74, 6) is -0.529. The second-order valence-electron chi connectivity index (χ2n) is 19.3. The summed E-state index contributed by atoms with van der Waals surface area (Å²) in [6.45, 7) is 6.43. The van der Waals surface area contributed by atoms with Gasteiger partial charge in [0.25, 0.3) is 0 Å². The maximum atomic E-state index is 13.2. The Hall–Kier alpha value is -2.70. The van der Waals surface area contributed by atoms with Crippen LogP contribution in [0, 0.1) is 0 Å². The monoisotopic (exact) mass is 936 g/mol. The Labute approximate surface area is 415 Å². The molecule has 388 valence electrons. The highest BCUT2D eigenvalue weighted by molar-refractivity contribution is 5.77. The predicted molar refractivity (Wildman–Crippen MR) is 291 cm³/mol. The van der Waals surface area contributed by atoms with Gasteiger partial charge in [0, 0.05) is 6.42 Å². The first-order valence-corrected chi connectivity index (χ1v) is 28.7. The van der Waals surface area contributed by atoms with Crippen LogP contribution in [-0.4, -0.2) is 46.9 Å². The van der Waals surface area contributed by atoms with Crippen molar-refractivity contribution in [3.05, 3.63) is 72.9 Å². The number of esters is 1. The summed E-state index contributed by atoms with van der Waals surface area (Å²) in [4.78, 5) is 26.3. The van der Waals surface area contributed by atoms with Crippen LogP contribution in [0.25, 0.3) is 0 Å². The number of nitrogens with one attached hydrogen (secondary N) is 1. The second kappa shape index (κ2) is 54.2. The van der Waals surface area contributed by atoms with Crippen LogP contribution in [0.1, 0.15) is 278 Å². The van der Waals surface area contributed by atoms with Crippen molar-refractivity contribution in [1.82, 2.24) is 5.32 Å². The van der Waals surface area contributed by atoms with Gasteiger partial charge in [0.1, 0.15) is 6.10 Å². The van der Waals surface area contributed by atoms with Crippen LogP contribution in [0.4, 0.5) is 0 Å². The van der Waals surface area contributed by atoms with Crippen molar-refractivity contribution in [3.63, 3.8) is 0 Å². The van der Waals surface area contributed by atoms with Gasteiger partial charge in [-0.2, -0.15) is 0 Å². The van der Waals surface area contributed by atoms with Gasteiger partial charge < -0.3 is 20.3 Å². The molecule has 0 radical (unpaired) electrons. The lowest BCUT2D eigenvalue weighted by atomic mass is 10.0. The molecular weight excluding hydrogens is 827 g/mol. The molecule has 0 aliphatic rings. The van der Waals surface area contributed by atoms with Crippen LogP contribution in [-0.2, 0) is 14.3 Å². The van der Waals surface area contributed by atoms with Gasteiger partial charge in [-0.3, -0.25) is 9.59 Å². The highest BCUT2D eigenvalue weighted by Crippen LogP contribution is 2.17. The van der Waals surface area contributed by atoms with E-state index in [4.69, 9.17) is 4.74 Å². The van der Waals surface area contributed by atoms with Crippen LogP contribution in [0.2, 0.25) is 0 Å². The number of amides is 1. The lowest BCUT2D eigenvalue weighted by molar-refractivity contribution is -0.151. The molecule has 0 aromatic heterocycles. The molecule has 0 aliphatic heterocycles. The minimum Gasteiger partial charge on any atom is -0.462 e. The van der Waals surface area contributed by atoms with E-state index in [2.05, 4.69) is 99.0 Å². The average molecular weight is 937 g/mol. The molecule has 67 heavy (non-hydrogen) atoms. The number of hydrogen-bond donors (Lipinski definition) is 3. The molecular formula is C61H109NO5. The fourth-order valence-corrected chi connectivity index (χ4v) is 8.39. The van der Waals surface area contributed by atoms with Crippen molar-refractivity contribution in [3.8, 4) is 0 Å². The van der Waals surface area contributed by atoms with Crippen molar-refractivity contribution >= 4 is 11.9 Å². The van der Waals surface area contributed by atoms with E-state index in [-0.39, 0.29) is 24.9 Å². The first kappa shape index (κ1) is 64.3. The molecule has 0 saturated heterocycles. The Bertz CT molecular complexity index is 1230. The number of unbranched alkanes of at least 4 members (excludes halogenated alkanes) is 27. The Morgan fingerprint density at radius 3 is 1.21 bits per heavy atom. The summed E-state index contributed by atoms with van der Waals surface area (Å²) in [7, 11) is 0. The maximum absolute atomic E-state index is 13.2. The van der Waals surface area contributed by atoms with Crippen LogP contribution in [0.15, 0.2) is 72.9 Å².